The summed E-state index contributed by atoms with van der Waals surface area (Å²) in [7, 11) is 3.30. The molecule has 1 unspecified atom stereocenters. The first kappa shape index (κ1) is 24.8. The highest BCUT2D eigenvalue weighted by Gasteiger charge is 2.57. The molecule has 2 saturated heterocycles. The third-order valence-electron chi connectivity index (χ3n) is 8.31. The maximum atomic E-state index is 13.9. The molecule has 0 bridgehead atoms. The van der Waals surface area contributed by atoms with Crippen molar-refractivity contribution in [1.82, 2.24) is 14.7 Å². The predicted octanol–water partition coefficient (Wildman–Crippen LogP) is 3.89. The summed E-state index contributed by atoms with van der Waals surface area (Å²) in [5.74, 6) is 0.711. The molecule has 1 aliphatic carbocycles. The molecule has 2 heterocycles. The molecule has 0 N–H and O–H groups in total. The lowest BCUT2D eigenvalue weighted by Crippen LogP contribution is -2.58. The zero-order valence-corrected chi connectivity index (χ0v) is 21.4. The van der Waals surface area contributed by atoms with Gasteiger partial charge in [0.05, 0.1) is 13.7 Å². The number of hydrogen-bond donors (Lipinski definition) is 0. The number of urea groups is 1. The van der Waals surface area contributed by atoms with E-state index in [0.29, 0.717) is 32.0 Å². The number of piperidine rings is 1. The summed E-state index contributed by atoms with van der Waals surface area (Å²) >= 11 is 0. The Bertz CT molecular complexity index is 1080. The van der Waals surface area contributed by atoms with E-state index in [9.17, 15) is 9.59 Å². The van der Waals surface area contributed by atoms with Gasteiger partial charge in [0, 0.05) is 39.4 Å². The van der Waals surface area contributed by atoms with E-state index >= 15 is 0 Å². The van der Waals surface area contributed by atoms with Crippen LogP contribution in [0.4, 0.5) is 4.79 Å². The Morgan fingerprint density at radius 1 is 0.972 bits per heavy atom. The van der Waals surface area contributed by atoms with Crippen LogP contribution in [0.5, 0.6) is 5.75 Å². The fourth-order valence-corrected chi connectivity index (χ4v) is 6.25. The van der Waals surface area contributed by atoms with Crippen molar-refractivity contribution >= 4 is 11.9 Å². The van der Waals surface area contributed by atoms with Crippen LogP contribution >= 0.6 is 0 Å². The molecule has 3 aliphatic rings. The monoisotopic (exact) mass is 491 g/mol. The molecule has 0 radical (unpaired) electrons. The van der Waals surface area contributed by atoms with Gasteiger partial charge in [-0.1, -0.05) is 36.4 Å². The molecule has 2 aliphatic heterocycles. The number of hydrogen-bond acceptors (Lipinski definition) is 5. The summed E-state index contributed by atoms with van der Waals surface area (Å²) in [5, 5.41) is 0. The average molecular weight is 492 g/mol. The smallest absolute Gasteiger partial charge is 0.327 e. The molecule has 2 aromatic carbocycles. The molecule has 0 aromatic heterocycles. The van der Waals surface area contributed by atoms with Crippen molar-refractivity contribution < 1.29 is 19.1 Å². The van der Waals surface area contributed by atoms with E-state index < -0.39 is 5.54 Å². The van der Waals surface area contributed by atoms with Crippen LogP contribution in [0.1, 0.15) is 42.4 Å². The molecule has 36 heavy (non-hydrogen) atoms. The summed E-state index contributed by atoms with van der Waals surface area (Å²) in [6.45, 7) is 3.06. The first-order valence-electron chi connectivity index (χ1n) is 13.1. The fraction of sp³-hybridized carbons (Fsp3) is 0.517. The predicted molar refractivity (Wildman–Crippen MR) is 138 cm³/mol. The van der Waals surface area contributed by atoms with Gasteiger partial charge >= 0.3 is 6.03 Å². The quantitative estimate of drug-likeness (QED) is 0.414. The Hall–Kier alpha value is -2.90. The summed E-state index contributed by atoms with van der Waals surface area (Å²) in [4.78, 5) is 33.3. The van der Waals surface area contributed by atoms with Crippen molar-refractivity contribution in [3.8, 4) is 5.75 Å². The van der Waals surface area contributed by atoms with Gasteiger partial charge in [0.1, 0.15) is 11.3 Å². The van der Waals surface area contributed by atoms with Crippen molar-refractivity contribution in [2.45, 2.75) is 56.7 Å². The summed E-state index contributed by atoms with van der Waals surface area (Å²) in [6, 6.07) is 16.7. The second-order valence-electron chi connectivity index (χ2n) is 10.3. The molecule has 2 aromatic rings. The highest BCUT2D eigenvalue weighted by Crippen LogP contribution is 2.39. The van der Waals surface area contributed by atoms with Crippen LogP contribution in [0.3, 0.4) is 0 Å². The van der Waals surface area contributed by atoms with Crippen LogP contribution in [-0.2, 0) is 28.9 Å². The van der Waals surface area contributed by atoms with Gasteiger partial charge in [-0.25, -0.2) is 4.79 Å². The fourth-order valence-electron chi connectivity index (χ4n) is 6.25. The van der Waals surface area contributed by atoms with Crippen molar-refractivity contribution in [3.05, 3.63) is 65.2 Å². The van der Waals surface area contributed by atoms with Crippen LogP contribution in [0.2, 0.25) is 0 Å². The number of fused-ring (bicyclic) bond motifs is 1. The summed E-state index contributed by atoms with van der Waals surface area (Å²) in [6.07, 6.45) is 5.41. The van der Waals surface area contributed by atoms with Gasteiger partial charge in [0.2, 0.25) is 0 Å². The SMILES string of the molecule is COCCCN1C(=O)N(Cc2ccc(OC)cc2)C(=O)C12CCN(C1CCc3ccccc3C1)CC2. The van der Waals surface area contributed by atoms with Gasteiger partial charge < -0.3 is 14.4 Å². The zero-order chi connectivity index (χ0) is 25.1. The van der Waals surface area contributed by atoms with Crippen molar-refractivity contribution in [3.63, 3.8) is 0 Å². The number of methoxy groups -OCH3 is 2. The van der Waals surface area contributed by atoms with E-state index in [1.165, 1.54) is 16.0 Å². The molecule has 3 amide bonds. The maximum absolute atomic E-state index is 13.9. The number of ether oxygens (including phenoxy) is 2. The topological polar surface area (TPSA) is 62.3 Å². The molecule has 7 heteroatoms. The van der Waals surface area contributed by atoms with E-state index in [1.54, 1.807) is 14.2 Å². The van der Waals surface area contributed by atoms with Gasteiger partial charge in [-0.2, -0.15) is 0 Å². The number of carbonyl (C=O) groups excluding carboxylic acids is 2. The number of imide groups is 1. The van der Waals surface area contributed by atoms with E-state index in [4.69, 9.17) is 9.47 Å². The normalized spacial score (nSPS) is 21.8. The van der Waals surface area contributed by atoms with E-state index in [1.807, 2.05) is 29.2 Å². The van der Waals surface area contributed by atoms with Crippen molar-refractivity contribution in [2.75, 3.05) is 40.5 Å². The van der Waals surface area contributed by atoms with Crippen LogP contribution < -0.4 is 4.74 Å². The minimum atomic E-state index is -0.750. The molecule has 1 atom stereocenters. The van der Waals surface area contributed by atoms with E-state index in [0.717, 1.165) is 50.1 Å². The highest BCUT2D eigenvalue weighted by molar-refractivity contribution is 6.07. The number of rotatable bonds is 8. The molecule has 0 saturated carbocycles. The molecular weight excluding hydrogens is 454 g/mol. The number of nitrogens with zero attached hydrogens (tertiary/aromatic N) is 3. The van der Waals surface area contributed by atoms with Gasteiger partial charge in [-0.3, -0.25) is 14.6 Å². The third-order valence-corrected chi connectivity index (χ3v) is 8.31. The highest BCUT2D eigenvalue weighted by atomic mass is 16.5. The second kappa shape index (κ2) is 10.6. The summed E-state index contributed by atoms with van der Waals surface area (Å²) < 4.78 is 10.5. The summed E-state index contributed by atoms with van der Waals surface area (Å²) in [5.41, 5.74) is 3.09. The van der Waals surface area contributed by atoms with E-state index in [-0.39, 0.29) is 18.5 Å². The van der Waals surface area contributed by atoms with Crippen LogP contribution in [0.25, 0.3) is 0 Å². The Balaban J connectivity index is 1.31. The van der Waals surface area contributed by atoms with Gasteiger partial charge in [-0.15, -0.1) is 0 Å². The van der Waals surface area contributed by atoms with Gasteiger partial charge in [0.15, 0.2) is 0 Å². The number of amides is 3. The maximum Gasteiger partial charge on any atom is 0.327 e. The van der Waals surface area contributed by atoms with Gasteiger partial charge in [0.25, 0.3) is 5.91 Å². The molecular formula is C29H37N3O4. The second-order valence-corrected chi connectivity index (χ2v) is 10.3. The Kier molecular flexibility index (Phi) is 7.30. The molecule has 192 valence electrons. The number of carbonyl (C=O) groups is 2. The Labute approximate surface area is 214 Å². The lowest BCUT2D eigenvalue weighted by atomic mass is 9.82. The standard InChI is InChI=1S/C29H37N3O4/c1-35-19-5-16-32-28(34)31(21-22-8-12-26(36-2)13-9-22)27(33)29(32)14-17-30(18-15-29)25-11-10-23-6-3-4-7-24(23)20-25/h3-4,6-9,12-13,25H,5,10-11,14-21H2,1-2H3. The molecule has 1 spiro atoms. The lowest BCUT2D eigenvalue weighted by Gasteiger charge is -2.45. The van der Waals surface area contributed by atoms with E-state index in [2.05, 4.69) is 29.2 Å². The largest absolute Gasteiger partial charge is 0.497 e. The van der Waals surface area contributed by atoms with Crippen LogP contribution in [0.15, 0.2) is 48.5 Å². The number of benzene rings is 2. The van der Waals surface area contributed by atoms with Crippen LogP contribution in [-0.4, -0.2) is 78.7 Å². The molecule has 2 fully saturated rings. The average Bonchev–Trinajstić information content (AvgIpc) is 3.10. The lowest BCUT2D eigenvalue weighted by molar-refractivity contribution is -0.136. The first-order chi connectivity index (χ1) is 17.6. The van der Waals surface area contributed by atoms with Crippen molar-refractivity contribution in [1.29, 1.82) is 0 Å². The van der Waals surface area contributed by atoms with Crippen molar-refractivity contribution in [2.24, 2.45) is 0 Å². The Morgan fingerprint density at radius 2 is 1.69 bits per heavy atom. The minimum absolute atomic E-state index is 0.0469. The molecule has 5 rings (SSSR count). The minimum Gasteiger partial charge on any atom is -0.497 e. The number of likely N-dealkylation sites (tertiary alicyclic amines) is 1. The third kappa shape index (κ3) is 4.62. The first-order valence-corrected chi connectivity index (χ1v) is 13.1. The molecule has 7 nitrogen and oxygen atoms in total. The number of aryl methyl sites for hydroxylation is 1. The van der Waals surface area contributed by atoms with Crippen LogP contribution in [0, 0.1) is 0 Å². The van der Waals surface area contributed by atoms with Gasteiger partial charge in [-0.05, 0) is 67.3 Å². The Morgan fingerprint density at radius 3 is 2.39 bits per heavy atom. The zero-order valence-electron chi connectivity index (χ0n) is 21.4.